The molecule has 0 aliphatic rings. The number of aryl methyl sites for hydroxylation is 1. The molecule has 2 amide bonds. The molecule has 84 heavy (non-hydrogen) atoms. The van der Waals surface area contributed by atoms with Gasteiger partial charge in [0.15, 0.2) is 22.6 Å². The van der Waals surface area contributed by atoms with Crippen LogP contribution in [0.3, 0.4) is 0 Å². The van der Waals surface area contributed by atoms with Crippen molar-refractivity contribution in [2.45, 2.75) is 52.4 Å². The molecule has 0 aliphatic carbocycles. The van der Waals surface area contributed by atoms with Crippen LogP contribution in [0.5, 0.6) is 5.75 Å². The highest BCUT2D eigenvalue weighted by molar-refractivity contribution is 7.92. The molecule has 0 unspecified atom stereocenters. The number of nitrogens with zero attached hydrogens (tertiary/aromatic N) is 12. The van der Waals surface area contributed by atoms with Crippen molar-refractivity contribution < 1.29 is 40.5 Å². The summed E-state index contributed by atoms with van der Waals surface area (Å²) in [5, 5.41) is 12.6. The number of benzene rings is 4. The van der Waals surface area contributed by atoms with Crippen molar-refractivity contribution in [3.63, 3.8) is 0 Å². The molecule has 4 heterocycles. The quantitative estimate of drug-likeness (QED) is 0.0407. The van der Waals surface area contributed by atoms with E-state index in [0.29, 0.717) is 82.2 Å². The lowest BCUT2D eigenvalue weighted by atomic mass is 9.86. The van der Waals surface area contributed by atoms with Gasteiger partial charge in [-0.2, -0.15) is 13.2 Å². The number of rotatable bonds is 22. The fourth-order valence-electron chi connectivity index (χ4n) is 8.72. The zero-order valence-electron chi connectivity index (χ0n) is 48.9. The van der Waals surface area contributed by atoms with E-state index in [1.54, 1.807) is 67.3 Å². The van der Waals surface area contributed by atoms with Gasteiger partial charge in [-0.15, -0.1) is 0 Å². The lowest BCUT2D eigenvalue weighted by Crippen LogP contribution is -2.37. The van der Waals surface area contributed by atoms with Crippen molar-refractivity contribution in [2.24, 2.45) is 0 Å². The molecule has 26 heteroatoms. The van der Waals surface area contributed by atoms with Gasteiger partial charge in [-0.3, -0.25) is 14.3 Å². The number of fused-ring (bicyclic) bond motifs is 2. The molecule has 442 valence electrons. The summed E-state index contributed by atoms with van der Waals surface area (Å²) in [5.74, 6) is 0.583. The second-order valence-electron chi connectivity index (χ2n) is 21.9. The van der Waals surface area contributed by atoms with E-state index in [4.69, 9.17) is 24.7 Å². The lowest BCUT2D eigenvalue weighted by molar-refractivity contribution is -0.665. The Morgan fingerprint density at radius 1 is 0.679 bits per heavy atom. The van der Waals surface area contributed by atoms with Gasteiger partial charge in [0.1, 0.15) is 23.9 Å². The third kappa shape index (κ3) is 15.2. The van der Waals surface area contributed by atoms with E-state index in [2.05, 4.69) is 45.8 Å². The maximum Gasteiger partial charge on any atom is 0.416 e. The van der Waals surface area contributed by atoms with Crippen molar-refractivity contribution in [2.75, 3.05) is 112 Å². The van der Waals surface area contributed by atoms with Crippen LogP contribution in [-0.2, 0) is 34.7 Å². The first kappa shape index (κ1) is 61.2. The van der Waals surface area contributed by atoms with Gasteiger partial charge in [-0.1, -0.05) is 45.0 Å². The zero-order valence-corrected chi connectivity index (χ0v) is 49.7. The fourth-order valence-corrected chi connectivity index (χ4v) is 9.27. The minimum atomic E-state index is -4.53. The van der Waals surface area contributed by atoms with Gasteiger partial charge in [0, 0.05) is 74.9 Å². The molecule has 0 radical (unpaired) electrons. The van der Waals surface area contributed by atoms with Crippen LogP contribution < -0.4 is 45.1 Å². The highest BCUT2D eigenvalue weighted by atomic mass is 32.2. The van der Waals surface area contributed by atoms with Gasteiger partial charge >= 0.3 is 6.18 Å². The second kappa shape index (κ2) is 25.3. The molecule has 8 aromatic rings. The minimum absolute atomic E-state index is 0.110. The average Bonchev–Trinajstić information content (AvgIpc) is 3.36. The van der Waals surface area contributed by atoms with Crippen molar-refractivity contribution in [1.29, 1.82) is 0 Å². The standard InChI is InChI=1S/C58H68F3N17O5S/c1-35-16-17-37(53(79)62-29-36-14-13-15-40(24-36)58(59,60)61)25-42(35)68-52-49-47(31-64-56(72-49)77(10)23-21-75(7)8)78(34-67-52)32-39-19-18-38(54(80)70-44-27-41(57(2,3)4)28-45(50(44)83-11)73-84(12,81)82)26-43(39)69-51-48-46(65-33-66-51)30-63-55(71-48)76(9)22-20-74(5)6/h13-19,24-28,30-31,33-34,73H,20-23,29,32H2,1-12H3,(H3,62,65,66,69,70,79,80)/p+1. The normalized spacial score (nSPS) is 12.0. The van der Waals surface area contributed by atoms with Crippen LogP contribution >= 0.6 is 0 Å². The molecule has 0 aliphatic heterocycles. The predicted octanol–water partition coefficient (Wildman–Crippen LogP) is 7.76. The van der Waals surface area contributed by atoms with Crippen molar-refractivity contribution >= 4 is 90.2 Å². The molecule has 4 aromatic heterocycles. The van der Waals surface area contributed by atoms with E-state index in [1.165, 1.54) is 25.6 Å². The minimum Gasteiger partial charge on any atom is -0.492 e. The van der Waals surface area contributed by atoms with Crippen LogP contribution in [0.15, 0.2) is 97.8 Å². The molecule has 0 saturated heterocycles. The number of hydrogen-bond acceptors (Lipinski definition) is 18. The Balaban J connectivity index is 1.20. The number of anilines is 8. The van der Waals surface area contributed by atoms with Gasteiger partial charge in [0.05, 0.1) is 42.7 Å². The Morgan fingerprint density at radius 3 is 1.95 bits per heavy atom. The Morgan fingerprint density at radius 2 is 1.30 bits per heavy atom. The summed E-state index contributed by atoms with van der Waals surface area (Å²) < 4.78 is 75.6. The van der Waals surface area contributed by atoms with Crippen LogP contribution in [0.25, 0.3) is 22.1 Å². The van der Waals surface area contributed by atoms with Crippen LogP contribution in [0.1, 0.15) is 69.3 Å². The summed E-state index contributed by atoms with van der Waals surface area (Å²) in [6.45, 7) is 10.4. The molecule has 0 fully saturated rings. The number of halogens is 3. The van der Waals surface area contributed by atoms with E-state index in [9.17, 15) is 31.2 Å². The monoisotopic (exact) mass is 1170 g/mol. The molecular formula is C58H69F3N17O5S+. The Hall–Kier alpha value is -8.88. The average molecular weight is 1170 g/mol. The molecule has 0 spiro atoms. The maximum absolute atomic E-state index is 14.6. The summed E-state index contributed by atoms with van der Waals surface area (Å²) in [6, 6.07) is 18.4. The van der Waals surface area contributed by atoms with E-state index in [0.717, 1.165) is 36.1 Å². The number of sulfonamides is 1. The number of carbonyl (C=O) groups excluding carboxylic acids is 2. The number of nitrogens with one attached hydrogen (secondary N) is 5. The van der Waals surface area contributed by atoms with Crippen LogP contribution in [-0.4, -0.2) is 147 Å². The highest BCUT2D eigenvalue weighted by Gasteiger charge is 2.31. The Bertz CT molecular complexity index is 3860. The van der Waals surface area contributed by atoms with Gasteiger partial charge in [-0.25, -0.2) is 42.9 Å². The third-order valence-electron chi connectivity index (χ3n) is 13.6. The van der Waals surface area contributed by atoms with Crippen molar-refractivity contribution in [3.8, 4) is 5.75 Å². The number of methoxy groups -OCH3 is 1. The van der Waals surface area contributed by atoms with Gasteiger partial charge < -0.3 is 45.6 Å². The molecule has 0 bridgehead atoms. The Labute approximate surface area is 486 Å². The first-order valence-corrected chi connectivity index (χ1v) is 28.5. The Kier molecular flexibility index (Phi) is 18.4. The molecular weight excluding hydrogens is 1100 g/mol. The van der Waals surface area contributed by atoms with Crippen LogP contribution in [0, 0.1) is 6.92 Å². The first-order chi connectivity index (χ1) is 39.6. The van der Waals surface area contributed by atoms with Crippen molar-refractivity contribution in [3.05, 3.63) is 137 Å². The number of hydrogen-bond donors (Lipinski definition) is 5. The lowest BCUT2D eigenvalue weighted by Gasteiger charge is -2.24. The molecule has 0 atom stereocenters. The highest BCUT2D eigenvalue weighted by Crippen LogP contribution is 2.40. The number of ether oxygens (including phenoxy) is 1. The summed E-state index contributed by atoms with van der Waals surface area (Å²) in [5.41, 5.74) is 4.82. The summed E-state index contributed by atoms with van der Waals surface area (Å²) in [4.78, 5) is 69.5. The maximum atomic E-state index is 14.6. The summed E-state index contributed by atoms with van der Waals surface area (Å²) >= 11 is 0. The van der Waals surface area contributed by atoms with Gasteiger partial charge in [0.2, 0.25) is 21.9 Å². The zero-order chi connectivity index (χ0) is 60.8. The number of amides is 2. The first-order valence-electron chi connectivity index (χ1n) is 26.6. The summed E-state index contributed by atoms with van der Waals surface area (Å²) in [6.07, 6.45) is 2.84. The number of aromatic nitrogens is 8. The van der Waals surface area contributed by atoms with Crippen LogP contribution in [0.4, 0.5) is 59.5 Å². The molecule has 4 aromatic carbocycles. The smallest absolute Gasteiger partial charge is 0.416 e. The predicted molar refractivity (Wildman–Crippen MR) is 320 cm³/mol. The summed E-state index contributed by atoms with van der Waals surface area (Å²) in [7, 11) is 9.31. The second-order valence-corrected chi connectivity index (χ2v) is 23.7. The van der Waals surface area contributed by atoms with E-state index < -0.39 is 39.0 Å². The van der Waals surface area contributed by atoms with Gasteiger partial charge in [0.25, 0.3) is 24.0 Å². The number of carbonyl (C=O) groups is 2. The molecule has 0 saturated carbocycles. The van der Waals surface area contributed by atoms with E-state index in [1.807, 2.05) is 89.2 Å². The number of likely N-dealkylation sites (N-methyl/N-ethyl adjacent to an activating group) is 4. The fraction of sp³-hybridized carbons (Fsp3) is 0.345. The van der Waals surface area contributed by atoms with Crippen LogP contribution in [0.2, 0.25) is 0 Å². The van der Waals surface area contributed by atoms with E-state index >= 15 is 0 Å². The SMILES string of the molecule is COc1c(NC(=O)c2ccc(C[n+]3cnc(Nc4cc(C(=O)NCc5cccc(C(F)(F)F)c5)ccc4C)c4nc(N(C)CCN(C)C)ncc43)c(Nc3ncnc4cnc(N(C)CCN(C)C)nc34)c2)cc(C(C)(C)C)cc1NS(C)(=O)=O. The topological polar surface area (TPSA) is 245 Å². The van der Waals surface area contributed by atoms with Gasteiger partial charge in [-0.05, 0) is 111 Å². The largest absolute Gasteiger partial charge is 0.492 e. The third-order valence-corrected chi connectivity index (χ3v) is 14.1. The van der Waals surface area contributed by atoms with Crippen molar-refractivity contribution in [1.82, 2.24) is 50.0 Å². The number of alkyl halides is 3. The molecule has 5 N–H and O–H groups in total. The molecule has 8 rings (SSSR count). The van der Waals surface area contributed by atoms with E-state index in [-0.39, 0.29) is 46.9 Å². The molecule has 22 nitrogen and oxygen atoms in total.